The zero-order chi connectivity index (χ0) is 25.4. The fourth-order valence-corrected chi connectivity index (χ4v) is 5.16. The van der Waals surface area contributed by atoms with Crippen molar-refractivity contribution in [3.63, 3.8) is 0 Å². The summed E-state index contributed by atoms with van der Waals surface area (Å²) in [5.41, 5.74) is 4.91. The summed E-state index contributed by atoms with van der Waals surface area (Å²) >= 11 is 0. The monoisotopic (exact) mass is 486 g/mol. The van der Waals surface area contributed by atoms with Crippen molar-refractivity contribution in [3.05, 3.63) is 64.8 Å². The molecular weight excluding hydrogens is 456 g/mol. The highest BCUT2D eigenvalue weighted by atomic mass is 16.7. The Labute approximate surface area is 210 Å². The van der Waals surface area contributed by atoms with E-state index >= 15 is 0 Å². The van der Waals surface area contributed by atoms with Gasteiger partial charge in [0.15, 0.2) is 18.1 Å². The van der Waals surface area contributed by atoms with Crippen LogP contribution in [0.25, 0.3) is 22.6 Å². The molecule has 36 heavy (non-hydrogen) atoms. The smallest absolute Gasteiger partial charge is 0.339 e. The number of esters is 1. The van der Waals surface area contributed by atoms with Gasteiger partial charge in [0.25, 0.3) is 5.91 Å². The molecule has 1 aliphatic heterocycles. The number of benzene rings is 2. The lowest BCUT2D eigenvalue weighted by atomic mass is 10.0. The van der Waals surface area contributed by atoms with Gasteiger partial charge in [0, 0.05) is 17.5 Å². The minimum Gasteiger partial charge on any atom is -0.454 e. The molecule has 2 aromatic carbocycles. The number of allylic oxidation sites excluding steroid dienone is 1. The molecule has 0 fully saturated rings. The Bertz CT molecular complexity index is 1370. The fraction of sp³-hybridized carbons (Fsp3) is 0.345. The minimum atomic E-state index is -0.491. The van der Waals surface area contributed by atoms with Gasteiger partial charge in [0.05, 0.1) is 16.8 Å². The molecule has 3 aromatic rings. The molecule has 2 aliphatic rings. The number of hydrogen-bond acceptors (Lipinski definition) is 6. The van der Waals surface area contributed by atoms with E-state index in [1.165, 1.54) is 0 Å². The van der Waals surface area contributed by atoms with Gasteiger partial charge in [-0.05, 0) is 81.5 Å². The number of rotatable bonds is 6. The van der Waals surface area contributed by atoms with Crippen molar-refractivity contribution < 1.29 is 23.8 Å². The van der Waals surface area contributed by atoms with E-state index in [-0.39, 0.29) is 31.4 Å². The van der Waals surface area contributed by atoms with E-state index < -0.39 is 5.97 Å². The summed E-state index contributed by atoms with van der Waals surface area (Å²) in [5, 5.41) is 0.739. The number of fused-ring (bicyclic) bond motifs is 3. The standard InChI is InChI=1S/C29H30N2O5/c1-17(2)31(18(3)4)26(32)15-34-29(33)27-21-7-5-6-8-23(21)30-28-20(10-11-22(27)28)13-19-9-12-24-25(14-19)36-16-35-24/h5-9,12-14,17-18H,10-11,15-16H2,1-4H3. The van der Waals surface area contributed by atoms with Gasteiger partial charge in [0.2, 0.25) is 6.79 Å². The first kappa shape index (κ1) is 23.9. The minimum absolute atomic E-state index is 0.0195. The first-order valence-corrected chi connectivity index (χ1v) is 12.3. The molecule has 0 saturated carbocycles. The van der Waals surface area contributed by atoms with E-state index in [2.05, 4.69) is 6.08 Å². The van der Waals surface area contributed by atoms with E-state index in [1.54, 1.807) is 4.90 Å². The van der Waals surface area contributed by atoms with Crippen LogP contribution >= 0.6 is 0 Å². The van der Waals surface area contributed by atoms with Gasteiger partial charge in [-0.25, -0.2) is 9.78 Å². The van der Waals surface area contributed by atoms with Crippen LogP contribution in [0.1, 0.15) is 61.3 Å². The van der Waals surface area contributed by atoms with Crippen molar-refractivity contribution in [2.24, 2.45) is 0 Å². The van der Waals surface area contributed by atoms with Crippen LogP contribution in [0.5, 0.6) is 11.5 Å². The maximum atomic E-state index is 13.4. The number of pyridine rings is 1. The molecule has 7 heteroatoms. The summed E-state index contributed by atoms with van der Waals surface area (Å²) in [5.74, 6) is 0.766. The van der Waals surface area contributed by atoms with Crippen molar-refractivity contribution in [3.8, 4) is 11.5 Å². The van der Waals surface area contributed by atoms with Gasteiger partial charge in [-0.1, -0.05) is 24.3 Å². The average molecular weight is 487 g/mol. The number of amides is 1. The normalized spacial score (nSPS) is 15.1. The molecule has 2 heterocycles. The first-order chi connectivity index (χ1) is 17.3. The Balaban J connectivity index is 1.48. The average Bonchev–Trinajstić information content (AvgIpc) is 3.47. The summed E-state index contributed by atoms with van der Waals surface area (Å²) in [6.07, 6.45) is 3.50. The SMILES string of the molecule is CC(C)N(C(=O)COC(=O)c1c2c(nc3ccccc13)C(=Cc1ccc3c(c1)OCO3)CC2)C(C)C. The van der Waals surface area contributed by atoms with Gasteiger partial charge in [-0.2, -0.15) is 0 Å². The molecule has 7 nitrogen and oxygen atoms in total. The van der Waals surface area contributed by atoms with Gasteiger partial charge < -0.3 is 19.1 Å². The maximum absolute atomic E-state index is 13.4. The molecule has 0 bridgehead atoms. The van der Waals surface area contributed by atoms with Gasteiger partial charge in [-0.15, -0.1) is 0 Å². The molecule has 1 aromatic heterocycles. The van der Waals surface area contributed by atoms with E-state index in [1.807, 2.05) is 70.2 Å². The van der Waals surface area contributed by atoms with Crippen LogP contribution in [0.3, 0.4) is 0 Å². The Morgan fingerprint density at radius 1 is 1.03 bits per heavy atom. The molecule has 1 aliphatic carbocycles. The van der Waals surface area contributed by atoms with E-state index in [4.69, 9.17) is 19.2 Å². The molecule has 186 valence electrons. The third kappa shape index (κ3) is 4.41. The number of carbonyl (C=O) groups is 2. The van der Waals surface area contributed by atoms with Gasteiger partial charge in [0.1, 0.15) is 0 Å². The Kier molecular flexibility index (Phi) is 6.39. The fourth-order valence-electron chi connectivity index (χ4n) is 5.16. The lowest BCUT2D eigenvalue weighted by Gasteiger charge is -2.30. The van der Waals surface area contributed by atoms with Crippen LogP contribution < -0.4 is 9.47 Å². The summed E-state index contributed by atoms with van der Waals surface area (Å²) in [6, 6.07) is 13.4. The quantitative estimate of drug-likeness (QED) is 0.443. The van der Waals surface area contributed by atoms with Crippen molar-refractivity contribution >= 4 is 34.4 Å². The number of ether oxygens (including phenoxy) is 3. The lowest BCUT2D eigenvalue weighted by molar-refractivity contribution is -0.138. The van der Waals surface area contributed by atoms with Crippen LogP contribution in [0.4, 0.5) is 0 Å². The number of carbonyl (C=O) groups excluding carboxylic acids is 2. The highest BCUT2D eigenvalue weighted by molar-refractivity contribution is 6.07. The number of nitrogens with zero attached hydrogens (tertiary/aromatic N) is 2. The van der Waals surface area contributed by atoms with Crippen LogP contribution in [-0.2, 0) is 16.0 Å². The summed E-state index contributed by atoms with van der Waals surface area (Å²) < 4.78 is 16.5. The summed E-state index contributed by atoms with van der Waals surface area (Å²) in [7, 11) is 0. The predicted molar refractivity (Wildman–Crippen MR) is 138 cm³/mol. The lowest BCUT2D eigenvalue weighted by Crippen LogP contribution is -2.44. The molecule has 0 atom stereocenters. The zero-order valence-corrected chi connectivity index (χ0v) is 21.0. The number of para-hydroxylation sites is 1. The molecule has 0 radical (unpaired) electrons. The maximum Gasteiger partial charge on any atom is 0.339 e. The van der Waals surface area contributed by atoms with Crippen molar-refractivity contribution in [2.75, 3.05) is 13.4 Å². The summed E-state index contributed by atoms with van der Waals surface area (Å²) in [6.45, 7) is 7.76. The zero-order valence-electron chi connectivity index (χ0n) is 21.0. The third-order valence-electron chi connectivity index (χ3n) is 6.61. The Hall–Kier alpha value is -3.87. The molecule has 0 unspecified atom stereocenters. The van der Waals surface area contributed by atoms with Gasteiger partial charge in [-0.3, -0.25) is 4.79 Å². The Morgan fingerprint density at radius 3 is 2.56 bits per heavy atom. The highest BCUT2D eigenvalue weighted by Gasteiger charge is 2.29. The van der Waals surface area contributed by atoms with Crippen LogP contribution in [-0.4, -0.2) is 47.2 Å². The second-order valence-corrected chi connectivity index (χ2v) is 9.68. The second kappa shape index (κ2) is 9.64. The van der Waals surface area contributed by atoms with E-state index in [9.17, 15) is 9.59 Å². The predicted octanol–water partition coefficient (Wildman–Crippen LogP) is 5.25. The number of aromatic nitrogens is 1. The largest absolute Gasteiger partial charge is 0.454 e. The molecule has 0 spiro atoms. The summed E-state index contributed by atoms with van der Waals surface area (Å²) in [4.78, 5) is 32.9. The molecular formula is C29H30N2O5. The van der Waals surface area contributed by atoms with Crippen LogP contribution in [0.15, 0.2) is 42.5 Å². The van der Waals surface area contributed by atoms with Crippen LogP contribution in [0.2, 0.25) is 0 Å². The molecule has 0 saturated heterocycles. The van der Waals surface area contributed by atoms with E-state index in [0.717, 1.165) is 51.2 Å². The van der Waals surface area contributed by atoms with Crippen molar-refractivity contribution in [1.29, 1.82) is 0 Å². The molecule has 0 N–H and O–H groups in total. The highest BCUT2D eigenvalue weighted by Crippen LogP contribution is 2.39. The van der Waals surface area contributed by atoms with Crippen molar-refractivity contribution in [1.82, 2.24) is 9.88 Å². The Morgan fingerprint density at radius 2 is 1.78 bits per heavy atom. The van der Waals surface area contributed by atoms with Crippen LogP contribution in [0, 0.1) is 0 Å². The van der Waals surface area contributed by atoms with Gasteiger partial charge >= 0.3 is 5.97 Å². The second-order valence-electron chi connectivity index (χ2n) is 9.68. The molecule has 1 amide bonds. The first-order valence-electron chi connectivity index (χ1n) is 12.3. The van der Waals surface area contributed by atoms with E-state index in [0.29, 0.717) is 12.0 Å². The number of hydrogen-bond donors (Lipinski definition) is 0. The third-order valence-corrected chi connectivity index (χ3v) is 6.61. The molecule has 5 rings (SSSR count). The van der Waals surface area contributed by atoms with Crippen molar-refractivity contribution in [2.45, 2.75) is 52.6 Å². The topological polar surface area (TPSA) is 78.0 Å².